The summed E-state index contributed by atoms with van der Waals surface area (Å²) in [5, 5.41) is 2.89. The van der Waals surface area contributed by atoms with Crippen molar-refractivity contribution in [1.29, 1.82) is 0 Å². The zero-order valence-electron chi connectivity index (χ0n) is 11.8. The molecule has 1 aromatic rings. The van der Waals surface area contributed by atoms with E-state index in [4.69, 9.17) is 4.74 Å². The first kappa shape index (κ1) is 15.0. The summed E-state index contributed by atoms with van der Waals surface area (Å²) in [7, 11) is 1.39. The molecule has 0 aliphatic carbocycles. The molecule has 20 heavy (non-hydrogen) atoms. The molecular formula is C14H20N2O3S. The van der Waals surface area contributed by atoms with Crippen LogP contribution in [0.4, 0.5) is 0 Å². The highest BCUT2D eigenvalue weighted by atomic mass is 32.1. The zero-order chi connectivity index (χ0) is 14.5. The average molecular weight is 296 g/mol. The predicted molar refractivity (Wildman–Crippen MR) is 77.5 cm³/mol. The van der Waals surface area contributed by atoms with Gasteiger partial charge in [0.25, 0.3) is 0 Å². The van der Waals surface area contributed by atoms with Crippen LogP contribution in [0.1, 0.15) is 22.6 Å². The van der Waals surface area contributed by atoms with E-state index in [1.165, 1.54) is 12.0 Å². The number of methoxy groups -OCH3 is 1. The molecular weight excluding hydrogens is 276 g/mol. The second-order valence-corrected chi connectivity index (χ2v) is 6.31. The molecule has 5 nitrogen and oxygen atoms in total. The van der Waals surface area contributed by atoms with Gasteiger partial charge in [0.2, 0.25) is 5.91 Å². The average Bonchev–Trinajstić information content (AvgIpc) is 3.04. The third-order valence-corrected chi connectivity index (χ3v) is 4.44. The maximum atomic E-state index is 11.9. The zero-order valence-corrected chi connectivity index (χ0v) is 12.7. The molecule has 1 fully saturated rings. The van der Waals surface area contributed by atoms with E-state index >= 15 is 0 Å². The van der Waals surface area contributed by atoms with Crippen LogP contribution in [0.25, 0.3) is 0 Å². The lowest BCUT2D eigenvalue weighted by molar-refractivity contribution is -0.146. The summed E-state index contributed by atoms with van der Waals surface area (Å²) >= 11 is 1.68. The molecule has 1 saturated heterocycles. The van der Waals surface area contributed by atoms with E-state index in [2.05, 4.69) is 5.32 Å². The van der Waals surface area contributed by atoms with Crippen molar-refractivity contribution in [3.8, 4) is 0 Å². The molecule has 1 N–H and O–H groups in total. The number of thiophene rings is 1. The van der Waals surface area contributed by atoms with Gasteiger partial charge in [-0.3, -0.25) is 14.5 Å². The Hall–Kier alpha value is -1.40. The van der Waals surface area contributed by atoms with Gasteiger partial charge in [-0.25, -0.2) is 0 Å². The summed E-state index contributed by atoms with van der Waals surface area (Å²) in [6, 6.07) is 3.79. The van der Waals surface area contributed by atoms with Gasteiger partial charge in [-0.2, -0.15) is 0 Å². The van der Waals surface area contributed by atoms with Crippen LogP contribution in [0.15, 0.2) is 12.1 Å². The quantitative estimate of drug-likeness (QED) is 0.832. The van der Waals surface area contributed by atoms with Crippen molar-refractivity contribution in [2.24, 2.45) is 0 Å². The Morgan fingerprint density at radius 3 is 2.95 bits per heavy atom. The second kappa shape index (κ2) is 6.85. The van der Waals surface area contributed by atoms with Crippen LogP contribution in [0.5, 0.6) is 0 Å². The van der Waals surface area contributed by atoms with Crippen molar-refractivity contribution < 1.29 is 14.3 Å². The Bertz CT molecular complexity index is 487. The van der Waals surface area contributed by atoms with Gasteiger partial charge in [0.1, 0.15) is 6.04 Å². The summed E-state index contributed by atoms with van der Waals surface area (Å²) in [5.41, 5.74) is 0. The van der Waals surface area contributed by atoms with Gasteiger partial charge in [-0.15, -0.1) is 11.3 Å². The Morgan fingerprint density at radius 2 is 2.30 bits per heavy atom. The highest BCUT2D eigenvalue weighted by Gasteiger charge is 2.32. The third kappa shape index (κ3) is 3.80. The molecule has 1 unspecified atom stereocenters. The Morgan fingerprint density at radius 1 is 1.50 bits per heavy atom. The van der Waals surface area contributed by atoms with E-state index in [9.17, 15) is 9.59 Å². The molecule has 1 aromatic heterocycles. The SMILES string of the molecule is COC(=O)C1CCCN1CC(=O)NCc1ccc(C)s1. The molecule has 2 heterocycles. The van der Waals surface area contributed by atoms with Crippen molar-refractivity contribution in [1.82, 2.24) is 10.2 Å². The number of carbonyl (C=O) groups is 2. The highest BCUT2D eigenvalue weighted by Crippen LogP contribution is 2.18. The van der Waals surface area contributed by atoms with Crippen LogP contribution in [-0.4, -0.2) is 43.0 Å². The standard InChI is InChI=1S/C14H20N2O3S/c1-10-5-6-11(20-10)8-15-13(17)9-16-7-3-4-12(16)14(18)19-2/h5-6,12H,3-4,7-9H2,1-2H3,(H,15,17). The first-order chi connectivity index (χ1) is 9.60. The summed E-state index contributed by atoms with van der Waals surface area (Å²) in [6.45, 7) is 3.62. The number of hydrogen-bond acceptors (Lipinski definition) is 5. The summed E-state index contributed by atoms with van der Waals surface area (Å²) in [5.74, 6) is -0.295. The maximum absolute atomic E-state index is 11.9. The molecule has 0 bridgehead atoms. The number of esters is 1. The van der Waals surface area contributed by atoms with Gasteiger partial charge in [-0.05, 0) is 38.4 Å². The van der Waals surface area contributed by atoms with E-state index in [0.717, 1.165) is 24.3 Å². The lowest BCUT2D eigenvalue weighted by Gasteiger charge is -2.21. The minimum atomic E-state index is -0.269. The van der Waals surface area contributed by atoms with Gasteiger partial charge in [-0.1, -0.05) is 0 Å². The molecule has 0 spiro atoms. The third-order valence-electron chi connectivity index (χ3n) is 3.44. The van der Waals surface area contributed by atoms with E-state index in [1.807, 2.05) is 24.0 Å². The fourth-order valence-corrected chi connectivity index (χ4v) is 3.25. The number of nitrogens with one attached hydrogen (secondary N) is 1. The van der Waals surface area contributed by atoms with Crippen molar-refractivity contribution >= 4 is 23.2 Å². The molecule has 1 aliphatic heterocycles. The van der Waals surface area contributed by atoms with Gasteiger partial charge in [0, 0.05) is 9.75 Å². The number of aryl methyl sites for hydroxylation is 1. The molecule has 2 rings (SSSR count). The number of carbonyl (C=O) groups excluding carboxylic acids is 2. The van der Waals surface area contributed by atoms with Crippen molar-refractivity contribution in [3.63, 3.8) is 0 Å². The Balaban J connectivity index is 1.80. The minimum absolute atomic E-state index is 0.0492. The van der Waals surface area contributed by atoms with E-state index < -0.39 is 0 Å². The molecule has 1 amide bonds. The topological polar surface area (TPSA) is 58.6 Å². The normalized spacial score (nSPS) is 19.0. The van der Waals surface area contributed by atoms with Crippen molar-refractivity contribution in [3.05, 3.63) is 21.9 Å². The summed E-state index contributed by atoms with van der Waals surface area (Å²) < 4.78 is 4.77. The van der Waals surface area contributed by atoms with Gasteiger partial charge in [0.15, 0.2) is 0 Å². The minimum Gasteiger partial charge on any atom is -0.468 e. The molecule has 0 aromatic carbocycles. The highest BCUT2D eigenvalue weighted by molar-refractivity contribution is 7.11. The first-order valence-electron chi connectivity index (χ1n) is 6.74. The van der Waals surface area contributed by atoms with Gasteiger partial charge >= 0.3 is 5.97 Å². The summed E-state index contributed by atoms with van der Waals surface area (Å²) in [6.07, 6.45) is 1.70. The lowest BCUT2D eigenvalue weighted by atomic mass is 10.2. The van der Waals surface area contributed by atoms with Crippen molar-refractivity contribution in [2.75, 3.05) is 20.2 Å². The molecule has 1 atom stereocenters. The number of hydrogen-bond donors (Lipinski definition) is 1. The molecule has 110 valence electrons. The maximum Gasteiger partial charge on any atom is 0.323 e. The fourth-order valence-electron chi connectivity index (χ4n) is 2.42. The van der Waals surface area contributed by atoms with Crippen LogP contribution in [0.2, 0.25) is 0 Å². The van der Waals surface area contributed by atoms with Crippen LogP contribution in [-0.2, 0) is 20.9 Å². The molecule has 0 saturated carbocycles. The lowest BCUT2D eigenvalue weighted by Crippen LogP contribution is -2.43. The fraction of sp³-hybridized carbons (Fsp3) is 0.571. The van der Waals surface area contributed by atoms with E-state index in [-0.39, 0.29) is 24.5 Å². The van der Waals surface area contributed by atoms with Gasteiger partial charge < -0.3 is 10.1 Å². The number of nitrogens with zero attached hydrogens (tertiary/aromatic N) is 1. The van der Waals surface area contributed by atoms with Crippen molar-refractivity contribution in [2.45, 2.75) is 32.4 Å². The Kier molecular flexibility index (Phi) is 5.14. The van der Waals surface area contributed by atoms with Crippen LogP contribution < -0.4 is 5.32 Å². The summed E-state index contributed by atoms with van der Waals surface area (Å²) in [4.78, 5) is 27.8. The number of rotatable bonds is 5. The smallest absolute Gasteiger partial charge is 0.323 e. The van der Waals surface area contributed by atoms with E-state index in [1.54, 1.807) is 11.3 Å². The second-order valence-electron chi connectivity index (χ2n) is 4.94. The Labute approximate surface area is 122 Å². The predicted octanol–water partition coefficient (Wildman–Crippen LogP) is 1.31. The number of ether oxygens (including phenoxy) is 1. The van der Waals surface area contributed by atoms with Crippen LogP contribution in [0, 0.1) is 6.92 Å². The molecule has 1 aliphatic rings. The number of likely N-dealkylation sites (tertiary alicyclic amines) is 1. The van der Waals surface area contributed by atoms with Crippen LogP contribution in [0.3, 0.4) is 0 Å². The first-order valence-corrected chi connectivity index (χ1v) is 7.55. The van der Waals surface area contributed by atoms with Gasteiger partial charge in [0.05, 0.1) is 20.2 Å². The molecule has 0 radical (unpaired) electrons. The monoisotopic (exact) mass is 296 g/mol. The number of amides is 1. The largest absolute Gasteiger partial charge is 0.468 e. The van der Waals surface area contributed by atoms with E-state index in [0.29, 0.717) is 6.54 Å². The molecule has 6 heteroatoms. The van der Waals surface area contributed by atoms with Crippen LogP contribution >= 0.6 is 11.3 Å².